The van der Waals surface area contributed by atoms with E-state index < -0.39 is 0 Å². The number of carbonyl (C=O) groups excluding carboxylic acids is 1. The molecule has 1 aliphatic rings. The van der Waals surface area contributed by atoms with Crippen molar-refractivity contribution in [3.05, 3.63) is 47.8 Å². The van der Waals surface area contributed by atoms with Gasteiger partial charge in [-0.1, -0.05) is 6.07 Å². The zero-order valence-corrected chi connectivity index (χ0v) is 15.1. The average Bonchev–Trinajstić information content (AvgIpc) is 2.63. The molecule has 1 atom stereocenters. The Morgan fingerprint density at radius 1 is 1.35 bits per heavy atom. The number of carboxylic acid groups (broad SMARTS) is 1. The van der Waals surface area contributed by atoms with Crippen LogP contribution < -0.4 is 5.32 Å². The average molecular weight is 356 g/mol. The van der Waals surface area contributed by atoms with E-state index >= 15 is 0 Å². The summed E-state index contributed by atoms with van der Waals surface area (Å²) in [6, 6.07) is 9.98. The number of anilines is 2. The zero-order chi connectivity index (χ0) is 18.9. The van der Waals surface area contributed by atoms with Crippen LogP contribution in [0.2, 0.25) is 0 Å². The van der Waals surface area contributed by atoms with Gasteiger partial charge in [-0.25, -0.2) is 9.97 Å². The van der Waals surface area contributed by atoms with Gasteiger partial charge in [-0.2, -0.15) is 0 Å². The molecule has 7 nitrogen and oxygen atoms in total. The largest absolute Gasteiger partial charge is 0.483 e. The van der Waals surface area contributed by atoms with Crippen molar-refractivity contribution in [1.29, 1.82) is 0 Å². The van der Waals surface area contributed by atoms with Crippen molar-refractivity contribution in [1.82, 2.24) is 14.9 Å². The van der Waals surface area contributed by atoms with Crippen LogP contribution in [0.4, 0.5) is 11.6 Å². The molecular formula is C19H24N4O3. The van der Waals surface area contributed by atoms with Crippen LogP contribution in [0.25, 0.3) is 0 Å². The molecule has 26 heavy (non-hydrogen) atoms. The maximum Gasteiger partial charge on any atom is 0.290 e. The summed E-state index contributed by atoms with van der Waals surface area (Å²) in [4.78, 5) is 30.7. The Morgan fingerprint density at radius 2 is 2.12 bits per heavy atom. The van der Waals surface area contributed by atoms with E-state index in [4.69, 9.17) is 9.90 Å². The van der Waals surface area contributed by atoms with Gasteiger partial charge in [-0.3, -0.25) is 9.59 Å². The number of likely N-dealkylation sites (tertiary alicyclic amines) is 1. The lowest BCUT2D eigenvalue weighted by Crippen LogP contribution is -2.37. The van der Waals surface area contributed by atoms with Crippen LogP contribution in [0, 0.1) is 6.92 Å². The fraction of sp³-hybridized carbons (Fsp3) is 0.368. The Hall–Kier alpha value is -2.96. The summed E-state index contributed by atoms with van der Waals surface area (Å²) in [5.74, 6) is 2.12. The van der Waals surface area contributed by atoms with Crippen molar-refractivity contribution < 1.29 is 14.7 Å². The zero-order valence-electron chi connectivity index (χ0n) is 15.1. The monoisotopic (exact) mass is 356 g/mol. The minimum atomic E-state index is -0.250. The lowest BCUT2D eigenvalue weighted by molar-refractivity contribution is -0.130. The molecule has 0 spiro atoms. The van der Waals surface area contributed by atoms with E-state index in [1.54, 1.807) is 6.92 Å². The topological polar surface area (TPSA) is 95.4 Å². The summed E-state index contributed by atoms with van der Waals surface area (Å²) in [5, 5.41) is 10.1. The lowest BCUT2D eigenvalue weighted by atomic mass is 9.91. The molecule has 2 aromatic rings. The van der Waals surface area contributed by atoms with Gasteiger partial charge >= 0.3 is 0 Å². The van der Waals surface area contributed by atoms with Gasteiger partial charge in [0.1, 0.15) is 11.6 Å². The van der Waals surface area contributed by atoms with Crippen molar-refractivity contribution in [2.45, 2.75) is 32.6 Å². The Bertz CT molecular complexity index is 751. The van der Waals surface area contributed by atoms with Crippen LogP contribution >= 0.6 is 0 Å². The molecule has 1 unspecified atom stereocenters. The summed E-state index contributed by atoms with van der Waals surface area (Å²) in [5.41, 5.74) is 2.19. The number of hydrogen-bond acceptors (Lipinski definition) is 5. The number of aromatic nitrogens is 2. The van der Waals surface area contributed by atoms with Gasteiger partial charge in [0.05, 0.1) is 0 Å². The number of piperidine rings is 1. The molecular weight excluding hydrogens is 332 g/mol. The third kappa shape index (κ3) is 5.54. The Morgan fingerprint density at radius 3 is 2.81 bits per heavy atom. The third-order valence-electron chi connectivity index (χ3n) is 4.27. The fourth-order valence-corrected chi connectivity index (χ4v) is 3.05. The molecule has 0 bridgehead atoms. The third-order valence-corrected chi connectivity index (χ3v) is 4.27. The van der Waals surface area contributed by atoms with Crippen molar-refractivity contribution in [3.8, 4) is 0 Å². The number of carbonyl (C=O) groups is 2. The van der Waals surface area contributed by atoms with Crippen LogP contribution in [0.1, 0.15) is 36.9 Å². The summed E-state index contributed by atoms with van der Waals surface area (Å²) >= 11 is 0. The number of hydrogen-bond donors (Lipinski definition) is 2. The molecule has 7 heteroatoms. The smallest absolute Gasteiger partial charge is 0.290 e. The highest BCUT2D eigenvalue weighted by Gasteiger charge is 2.23. The van der Waals surface area contributed by atoms with Crippen LogP contribution in [0.5, 0.6) is 0 Å². The molecule has 1 amide bonds. The van der Waals surface area contributed by atoms with E-state index in [0.29, 0.717) is 5.92 Å². The highest BCUT2D eigenvalue weighted by molar-refractivity contribution is 5.73. The summed E-state index contributed by atoms with van der Waals surface area (Å²) in [6.45, 7) is 5.02. The van der Waals surface area contributed by atoms with E-state index in [0.717, 1.165) is 43.3 Å². The van der Waals surface area contributed by atoms with Gasteiger partial charge in [-0.15, -0.1) is 0 Å². The van der Waals surface area contributed by atoms with Crippen molar-refractivity contribution in [2.75, 3.05) is 18.4 Å². The summed E-state index contributed by atoms with van der Waals surface area (Å²) in [6.07, 6.45) is 3.98. The van der Waals surface area contributed by atoms with E-state index in [1.165, 1.54) is 5.56 Å². The Balaban J connectivity index is 0.000000758. The van der Waals surface area contributed by atoms with Gasteiger partial charge in [0, 0.05) is 37.8 Å². The van der Waals surface area contributed by atoms with E-state index in [1.807, 2.05) is 42.3 Å². The number of amides is 1. The van der Waals surface area contributed by atoms with Crippen molar-refractivity contribution in [2.24, 2.45) is 0 Å². The first-order valence-electron chi connectivity index (χ1n) is 8.53. The molecule has 2 N–H and O–H groups in total. The molecule has 2 aromatic heterocycles. The normalized spacial score (nSPS) is 16.2. The molecule has 0 aliphatic carbocycles. The molecule has 1 aliphatic heterocycles. The molecule has 1 saturated heterocycles. The maximum absolute atomic E-state index is 11.6. The van der Waals surface area contributed by atoms with E-state index in [9.17, 15) is 4.79 Å². The quantitative estimate of drug-likeness (QED) is 0.821. The molecule has 3 heterocycles. The number of aryl methyl sites for hydroxylation is 1. The number of nitrogens with zero attached hydrogens (tertiary/aromatic N) is 3. The fourth-order valence-electron chi connectivity index (χ4n) is 3.05. The van der Waals surface area contributed by atoms with Crippen molar-refractivity contribution >= 4 is 24.0 Å². The van der Waals surface area contributed by atoms with Crippen LogP contribution in [-0.2, 0) is 9.59 Å². The summed E-state index contributed by atoms with van der Waals surface area (Å²) < 4.78 is 0. The van der Waals surface area contributed by atoms with Crippen LogP contribution in [0.15, 0.2) is 36.5 Å². The van der Waals surface area contributed by atoms with Gasteiger partial charge in [0.2, 0.25) is 5.91 Å². The molecule has 0 saturated carbocycles. The van der Waals surface area contributed by atoms with E-state index in [-0.39, 0.29) is 12.4 Å². The predicted molar refractivity (Wildman–Crippen MR) is 99.4 cm³/mol. The molecule has 0 radical (unpaired) electrons. The number of nitrogens with one attached hydrogen (secondary N) is 1. The first-order chi connectivity index (χ1) is 12.5. The highest BCUT2D eigenvalue weighted by Crippen LogP contribution is 2.28. The van der Waals surface area contributed by atoms with Gasteiger partial charge in [-0.05, 0) is 49.6 Å². The molecule has 138 valence electrons. The minimum absolute atomic E-state index is 0.158. The SMILES string of the molecule is CC(=O)N1CCCC(c2ccnc(Nc3cccc(C)n3)c2)C1.O=CO. The van der Waals surface area contributed by atoms with Gasteiger partial charge in [0.15, 0.2) is 0 Å². The molecule has 0 aromatic carbocycles. The lowest BCUT2D eigenvalue weighted by Gasteiger charge is -2.32. The predicted octanol–water partition coefficient (Wildman–Crippen LogP) is 2.96. The first kappa shape index (κ1) is 19.4. The number of rotatable bonds is 3. The van der Waals surface area contributed by atoms with E-state index in [2.05, 4.69) is 21.4 Å². The minimum Gasteiger partial charge on any atom is -0.483 e. The standard InChI is InChI=1S/C18H22N4O.CH2O2/c1-13-5-3-7-17(20-13)21-18-11-15(8-9-19-18)16-6-4-10-22(12-16)14(2)23;2-1-3/h3,5,7-9,11,16H,4,6,10,12H2,1-2H3,(H,19,20,21);1H,(H,2,3). The molecule has 1 fully saturated rings. The number of pyridine rings is 2. The van der Waals surface area contributed by atoms with Crippen LogP contribution in [-0.4, -0.2) is 45.4 Å². The molecule has 3 rings (SSSR count). The maximum atomic E-state index is 11.6. The highest BCUT2D eigenvalue weighted by atomic mass is 16.3. The second-order valence-electron chi connectivity index (χ2n) is 6.17. The van der Waals surface area contributed by atoms with Crippen molar-refractivity contribution in [3.63, 3.8) is 0 Å². The van der Waals surface area contributed by atoms with Gasteiger partial charge < -0.3 is 15.3 Å². The second kappa shape index (κ2) is 9.50. The van der Waals surface area contributed by atoms with Crippen LogP contribution in [0.3, 0.4) is 0 Å². The second-order valence-corrected chi connectivity index (χ2v) is 6.17. The summed E-state index contributed by atoms with van der Waals surface area (Å²) in [7, 11) is 0. The Kier molecular flexibility index (Phi) is 7.08. The Labute approximate surface area is 153 Å². The van der Waals surface area contributed by atoms with Gasteiger partial charge in [0.25, 0.3) is 6.47 Å². The first-order valence-corrected chi connectivity index (χ1v) is 8.53.